The smallest absolute Gasteiger partial charge is 0.334 e. The number of aromatic nitrogens is 2. The molecule has 1 aliphatic rings. The summed E-state index contributed by atoms with van der Waals surface area (Å²) in [6.45, 7) is 2.13. The Morgan fingerprint density at radius 2 is 2.00 bits per heavy atom. The van der Waals surface area contributed by atoms with Crippen LogP contribution >= 0.6 is 15.9 Å². The molecule has 1 saturated heterocycles. The van der Waals surface area contributed by atoms with E-state index in [0.717, 1.165) is 10.2 Å². The fraction of sp³-hybridized carbons (Fsp3) is 0.312. The first-order valence-corrected chi connectivity index (χ1v) is 8.21. The van der Waals surface area contributed by atoms with Crippen molar-refractivity contribution < 1.29 is 19.4 Å². The molecule has 1 amide bonds. The van der Waals surface area contributed by atoms with Gasteiger partial charge in [0.2, 0.25) is 0 Å². The highest BCUT2D eigenvalue weighted by Crippen LogP contribution is 2.17. The minimum Gasteiger partial charge on any atom is -0.479 e. The molecule has 1 aromatic carbocycles. The van der Waals surface area contributed by atoms with Gasteiger partial charge in [-0.1, -0.05) is 15.9 Å². The van der Waals surface area contributed by atoms with Crippen molar-refractivity contribution in [1.82, 2.24) is 14.7 Å². The van der Waals surface area contributed by atoms with Crippen molar-refractivity contribution in [2.45, 2.75) is 19.1 Å². The molecule has 3 rings (SSSR count). The Hall–Kier alpha value is -2.19. The van der Waals surface area contributed by atoms with Gasteiger partial charge >= 0.3 is 5.97 Å². The van der Waals surface area contributed by atoms with Crippen molar-refractivity contribution in [3.05, 3.63) is 46.7 Å². The first-order valence-electron chi connectivity index (χ1n) is 7.42. The lowest BCUT2D eigenvalue weighted by Crippen LogP contribution is -2.51. The second kappa shape index (κ2) is 6.74. The molecule has 1 N–H and O–H groups in total. The van der Waals surface area contributed by atoms with Crippen molar-refractivity contribution in [3.63, 3.8) is 0 Å². The molecule has 2 atom stereocenters. The number of morpholine rings is 1. The van der Waals surface area contributed by atoms with Gasteiger partial charge in [-0.05, 0) is 31.2 Å². The minimum atomic E-state index is -1.06. The zero-order chi connectivity index (χ0) is 17.3. The average molecular weight is 394 g/mol. The van der Waals surface area contributed by atoms with Gasteiger partial charge in [-0.15, -0.1) is 0 Å². The van der Waals surface area contributed by atoms with Crippen molar-refractivity contribution in [3.8, 4) is 5.69 Å². The topological polar surface area (TPSA) is 84.7 Å². The molecule has 1 fully saturated rings. The van der Waals surface area contributed by atoms with Crippen LogP contribution in [0.25, 0.3) is 5.69 Å². The summed E-state index contributed by atoms with van der Waals surface area (Å²) in [7, 11) is 0. The summed E-state index contributed by atoms with van der Waals surface area (Å²) in [5.41, 5.74) is 1.24. The average Bonchev–Trinajstić information content (AvgIpc) is 3.04. The highest BCUT2D eigenvalue weighted by molar-refractivity contribution is 9.10. The molecule has 1 aliphatic heterocycles. The van der Waals surface area contributed by atoms with Crippen molar-refractivity contribution >= 4 is 27.8 Å². The van der Waals surface area contributed by atoms with Crippen LogP contribution in [0.5, 0.6) is 0 Å². The standard InChI is InChI=1S/C16H16BrN3O4/c1-10-7-19(9-14(24-10)16(22)23)15(21)11-6-18-20(8-11)13-4-2-12(17)3-5-13/h2-6,8,10,14H,7,9H2,1H3,(H,22,23)/t10-,14?/m1/s1. The van der Waals surface area contributed by atoms with Crippen LogP contribution in [-0.4, -0.2) is 57.0 Å². The molecule has 0 spiro atoms. The number of aliphatic carboxylic acids is 1. The maximum absolute atomic E-state index is 12.6. The highest BCUT2D eigenvalue weighted by atomic mass is 79.9. The van der Waals surface area contributed by atoms with E-state index in [1.54, 1.807) is 17.8 Å². The molecule has 7 nitrogen and oxygen atoms in total. The normalized spacial score (nSPS) is 20.8. The SMILES string of the molecule is C[C@@H]1CN(C(=O)c2cnn(-c3ccc(Br)cc3)c2)CC(C(=O)O)O1. The molecule has 126 valence electrons. The lowest BCUT2D eigenvalue weighted by Gasteiger charge is -2.34. The molecule has 0 bridgehead atoms. The zero-order valence-electron chi connectivity index (χ0n) is 12.9. The molecular formula is C16H16BrN3O4. The zero-order valence-corrected chi connectivity index (χ0v) is 14.5. The van der Waals surface area contributed by atoms with Crippen LogP contribution in [0.4, 0.5) is 0 Å². The summed E-state index contributed by atoms with van der Waals surface area (Å²) in [4.78, 5) is 25.3. The Labute approximate surface area is 147 Å². The lowest BCUT2D eigenvalue weighted by molar-refractivity contribution is -0.160. The molecule has 8 heteroatoms. The second-order valence-corrected chi connectivity index (χ2v) is 6.55. The van der Waals surface area contributed by atoms with Crippen molar-refractivity contribution in [2.75, 3.05) is 13.1 Å². The molecule has 0 aliphatic carbocycles. The van der Waals surface area contributed by atoms with E-state index in [0.29, 0.717) is 12.1 Å². The maximum Gasteiger partial charge on any atom is 0.334 e. The number of carboxylic acids is 1. The van der Waals surface area contributed by atoms with E-state index in [1.807, 2.05) is 24.3 Å². The number of halogens is 1. The number of carbonyl (C=O) groups is 2. The third-order valence-corrected chi connectivity index (χ3v) is 4.27. The van der Waals surface area contributed by atoms with Gasteiger partial charge in [0.1, 0.15) is 0 Å². The Morgan fingerprint density at radius 3 is 2.67 bits per heavy atom. The molecule has 2 aromatic rings. The number of carbonyl (C=O) groups excluding carboxylic acids is 1. The van der Waals surface area contributed by atoms with Crippen LogP contribution in [0.3, 0.4) is 0 Å². The maximum atomic E-state index is 12.6. The van der Waals surface area contributed by atoms with E-state index >= 15 is 0 Å². The van der Waals surface area contributed by atoms with E-state index in [-0.39, 0.29) is 18.6 Å². The summed E-state index contributed by atoms with van der Waals surface area (Å²) < 4.78 is 7.90. The molecule has 0 saturated carbocycles. The number of hydrogen-bond acceptors (Lipinski definition) is 4. The summed E-state index contributed by atoms with van der Waals surface area (Å²) >= 11 is 3.37. The second-order valence-electron chi connectivity index (χ2n) is 5.63. The fourth-order valence-electron chi connectivity index (χ4n) is 2.60. The quantitative estimate of drug-likeness (QED) is 0.861. The highest BCUT2D eigenvalue weighted by Gasteiger charge is 2.33. The Kier molecular flexibility index (Phi) is 4.68. The number of carboxylic acid groups (broad SMARTS) is 1. The number of nitrogens with zero attached hydrogens (tertiary/aromatic N) is 3. The predicted molar refractivity (Wildman–Crippen MR) is 89.1 cm³/mol. The monoisotopic (exact) mass is 393 g/mol. The number of amides is 1. The van der Waals surface area contributed by atoms with Crippen molar-refractivity contribution in [1.29, 1.82) is 0 Å². The lowest BCUT2D eigenvalue weighted by atomic mass is 10.2. The Bertz CT molecular complexity index is 759. The third-order valence-electron chi connectivity index (χ3n) is 3.74. The number of ether oxygens (including phenoxy) is 1. The van der Waals surface area contributed by atoms with Gasteiger partial charge in [-0.2, -0.15) is 5.10 Å². The molecule has 0 radical (unpaired) electrons. The van der Waals surface area contributed by atoms with Crippen LogP contribution in [0.15, 0.2) is 41.1 Å². The van der Waals surface area contributed by atoms with Crippen LogP contribution in [-0.2, 0) is 9.53 Å². The Balaban J connectivity index is 1.78. The van der Waals surface area contributed by atoms with Crippen LogP contribution in [0, 0.1) is 0 Å². The van der Waals surface area contributed by atoms with E-state index < -0.39 is 12.1 Å². The van der Waals surface area contributed by atoms with Gasteiger partial charge < -0.3 is 14.7 Å². The first kappa shape index (κ1) is 16.7. The van der Waals surface area contributed by atoms with E-state index in [2.05, 4.69) is 21.0 Å². The number of hydrogen-bond donors (Lipinski definition) is 1. The summed E-state index contributed by atoms with van der Waals surface area (Å²) in [6.07, 6.45) is 1.80. The van der Waals surface area contributed by atoms with Crippen molar-refractivity contribution in [2.24, 2.45) is 0 Å². The molecule has 2 heterocycles. The largest absolute Gasteiger partial charge is 0.479 e. The predicted octanol–water partition coefficient (Wildman–Crippen LogP) is 1.95. The molecular weight excluding hydrogens is 378 g/mol. The molecule has 1 aromatic heterocycles. The van der Waals surface area contributed by atoms with E-state index in [4.69, 9.17) is 9.84 Å². The van der Waals surface area contributed by atoms with Crippen LogP contribution in [0.1, 0.15) is 17.3 Å². The van der Waals surface area contributed by atoms with Gasteiger partial charge in [0.15, 0.2) is 6.10 Å². The summed E-state index contributed by atoms with van der Waals surface area (Å²) in [6, 6.07) is 7.53. The Morgan fingerprint density at radius 1 is 1.29 bits per heavy atom. The summed E-state index contributed by atoms with van der Waals surface area (Å²) in [5.74, 6) is -1.32. The van der Waals surface area contributed by atoms with Gasteiger partial charge in [0, 0.05) is 17.2 Å². The fourth-order valence-corrected chi connectivity index (χ4v) is 2.87. The van der Waals surface area contributed by atoms with E-state index in [9.17, 15) is 9.59 Å². The van der Waals surface area contributed by atoms with Gasteiger partial charge in [0.05, 0.1) is 30.1 Å². The first-order chi connectivity index (χ1) is 11.4. The van der Waals surface area contributed by atoms with Crippen LogP contribution in [0.2, 0.25) is 0 Å². The molecule has 1 unspecified atom stereocenters. The van der Waals surface area contributed by atoms with Crippen LogP contribution < -0.4 is 0 Å². The third kappa shape index (κ3) is 3.49. The van der Waals surface area contributed by atoms with E-state index in [1.165, 1.54) is 11.1 Å². The number of rotatable bonds is 3. The minimum absolute atomic E-state index is 0.0297. The summed E-state index contributed by atoms with van der Waals surface area (Å²) in [5, 5.41) is 13.3. The van der Waals surface area contributed by atoms with Gasteiger partial charge in [0.25, 0.3) is 5.91 Å². The van der Waals surface area contributed by atoms with Gasteiger partial charge in [-0.3, -0.25) is 4.79 Å². The number of benzene rings is 1. The molecule has 24 heavy (non-hydrogen) atoms. The van der Waals surface area contributed by atoms with Gasteiger partial charge in [-0.25, -0.2) is 9.48 Å².